The molecule has 1 aromatic carbocycles. The van der Waals surface area contributed by atoms with Crippen molar-refractivity contribution in [3.63, 3.8) is 0 Å². The van der Waals surface area contributed by atoms with Crippen LogP contribution in [0.3, 0.4) is 0 Å². The van der Waals surface area contributed by atoms with Crippen LogP contribution < -0.4 is 14.8 Å². The van der Waals surface area contributed by atoms with Crippen LogP contribution >= 0.6 is 0 Å². The summed E-state index contributed by atoms with van der Waals surface area (Å²) in [6.45, 7) is 7.02. The minimum atomic E-state index is -0.222. The molecule has 3 heterocycles. The molecule has 0 aliphatic carbocycles. The lowest BCUT2D eigenvalue weighted by molar-refractivity contribution is 0.0424. The molecule has 1 aromatic rings. The first-order valence-corrected chi connectivity index (χ1v) is 8.03. The summed E-state index contributed by atoms with van der Waals surface area (Å²) >= 11 is 0. The number of piperazine rings is 1. The van der Waals surface area contributed by atoms with E-state index in [9.17, 15) is 5.11 Å². The van der Waals surface area contributed by atoms with E-state index in [0.717, 1.165) is 57.3 Å². The number of aliphatic hydroxyl groups is 1. The number of hydrogen-bond acceptors (Lipinski definition) is 6. The number of hydrogen-bond donors (Lipinski definition) is 2. The highest BCUT2D eigenvalue weighted by molar-refractivity contribution is 5.44. The van der Waals surface area contributed by atoms with Gasteiger partial charge in [-0.1, -0.05) is 6.07 Å². The number of rotatable bonds is 3. The van der Waals surface area contributed by atoms with E-state index in [1.54, 1.807) is 0 Å². The molecule has 0 unspecified atom stereocenters. The van der Waals surface area contributed by atoms with E-state index in [1.807, 2.05) is 6.07 Å². The Bertz CT molecular complexity index is 531. The Labute approximate surface area is 130 Å². The van der Waals surface area contributed by atoms with Crippen molar-refractivity contribution in [1.82, 2.24) is 15.1 Å². The second-order valence-electron chi connectivity index (χ2n) is 6.29. The Kier molecular flexibility index (Phi) is 3.92. The molecule has 22 heavy (non-hydrogen) atoms. The lowest BCUT2D eigenvalue weighted by atomic mass is 10.1. The first-order valence-electron chi connectivity index (χ1n) is 8.03. The zero-order valence-electron chi connectivity index (χ0n) is 12.7. The van der Waals surface area contributed by atoms with Crippen molar-refractivity contribution in [2.75, 3.05) is 46.1 Å². The summed E-state index contributed by atoms with van der Waals surface area (Å²) in [7, 11) is 0. The molecule has 6 nitrogen and oxygen atoms in total. The van der Waals surface area contributed by atoms with Crippen molar-refractivity contribution in [2.24, 2.45) is 0 Å². The van der Waals surface area contributed by atoms with E-state index >= 15 is 0 Å². The van der Waals surface area contributed by atoms with Crippen LogP contribution in [-0.4, -0.2) is 73.1 Å². The van der Waals surface area contributed by atoms with Crippen molar-refractivity contribution >= 4 is 0 Å². The van der Waals surface area contributed by atoms with Gasteiger partial charge in [0.05, 0.1) is 6.10 Å². The first-order chi connectivity index (χ1) is 10.8. The summed E-state index contributed by atoms with van der Waals surface area (Å²) in [4.78, 5) is 4.88. The van der Waals surface area contributed by atoms with Crippen molar-refractivity contribution in [3.8, 4) is 11.5 Å². The van der Waals surface area contributed by atoms with Gasteiger partial charge >= 0.3 is 0 Å². The molecule has 120 valence electrons. The summed E-state index contributed by atoms with van der Waals surface area (Å²) in [5.74, 6) is 1.70. The highest BCUT2D eigenvalue weighted by atomic mass is 16.7. The van der Waals surface area contributed by atoms with Crippen LogP contribution in [0.4, 0.5) is 0 Å². The molecular formula is C16H23N3O3. The molecule has 2 fully saturated rings. The van der Waals surface area contributed by atoms with Gasteiger partial charge < -0.3 is 19.9 Å². The molecular weight excluding hydrogens is 282 g/mol. The lowest BCUT2D eigenvalue weighted by Crippen LogP contribution is -2.53. The average Bonchev–Trinajstić information content (AvgIpc) is 3.16. The third kappa shape index (κ3) is 2.79. The molecule has 0 bridgehead atoms. The van der Waals surface area contributed by atoms with E-state index in [1.165, 1.54) is 5.56 Å². The summed E-state index contributed by atoms with van der Waals surface area (Å²) < 4.78 is 10.8. The Morgan fingerprint density at radius 3 is 2.68 bits per heavy atom. The van der Waals surface area contributed by atoms with Crippen LogP contribution in [0.25, 0.3) is 0 Å². The van der Waals surface area contributed by atoms with Gasteiger partial charge in [0.15, 0.2) is 11.5 Å². The summed E-state index contributed by atoms with van der Waals surface area (Å²) in [6, 6.07) is 6.48. The number of ether oxygens (including phenoxy) is 2. The van der Waals surface area contributed by atoms with Gasteiger partial charge in [-0.25, -0.2) is 0 Å². The van der Waals surface area contributed by atoms with Crippen LogP contribution in [0, 0.1) is 0 Å². The van der Waals surface area contributed by atoms with Gasteiger partial charge in [0, 0.05) is 51.9 Å². The molecule has 3 aliphatic rings. The number of aliphatic hydroxyl groups excluding tert-OH is 1. The number of fused-ring (bicyclic) bond motifs is 1. The van der Waals surface area contributed by atoms with Gasteiger partial charge in [0.2, 0.25) is 6.79 Å². The third-order valence-corrected chi connectivity index (χ3v) is 4.87. The van der Waals surface area contributed by atoms with Gasteiger partial charge in [-0.05, 0) is 17.7 Å². The van der Waals surface area contributed by atoms with Crippen molar-refractivity contribution in [1.29, 1.82) is 0 Å². The topological polar surface area (TPSA) is 57.2 Å². The molecule has 6 heteroatoms. The molecule has 2 saturated heterocycles. The maximum Gasteiger partial charge on any atom is 0.231 e. The molecule has 0 radical (unpaired) electrons. The van der Waals surface area contributed by atoms with E-state index in [2.05, 4.69) is 27.2 Å². The van der Waals surface area contributed by atoms with E-state index < -0.39 is 0 Å². The van der Waals surface area contributed by atoms with Crippen LogP contribution in [0.1, 0.15) is 5.56 Å². The van der Waals surface area contributed by atoms with E-state index in [-0.39, 0.29) is 12.1 Å². The smallest absolute Gasteiger partial charge is 0.231 e. The summed E-state index contributed by atoms with van der Waals surface area (Å²) in [5, 5.41) is 13.3. The van der Waals surface area contributed by atoms with Crippen LogP contribution in [0.2, 0.25) is 0 Å². The predicted octanol–water partition coefficient (Wildman–Crippen LogP) is -0.134. The third-order valence-electron chi connectivity index (χ3n) is 4.87. The fourth-order valence-corrected chi connectivity index (χ4v) is 3.57. The number of nitrogens with zero attached hydrogens (tertiary/aromatic N) is 2. The van der Waals surface area contributed by atoms with Crippen molar-refractivity contribution in [2.45, 2.75) is 18.7 Å². The highest BCUT2D eigenvalue weighted by Crippen LogP contribution is 2.32. The highest BCUT2D eigenvalue weighted by Gasteiger charge is 2.32. The number of benzene rings is 1. The maximum atomic E-state index is 9.99. The number of nitrogens with one attached hydrogen (secondary N) is 1. The first kappa shape index (κ1) is 14.3. The Balaban J connectivity index is 1.32. The zero-order valence-corrected chi connectivity index (χ0v) is 12.7. The SMILES string of the molecule is O[C@H]1CNC[C@@H]1N1CCN(Cc2ccc3c(c2)OCO3)CC1. The molecule has 0 spiro atoms. The predicted molar refractivity (Wildman–Crippen MR) is 82.1 cm³/mol. The second-order valence-corrected chi connectivity index (χ2v) is 6.29. The van der Waals surface area contributed by atoms with Crippen molar-refractivity contribution < 1.29 is 14.6 Å². The Morgan fingerprint density at radius 2 is 1.91 bits per heavy atom. The van der Waals surface area contributed by atoms with Gasteiger partial charge in [0.25, 0.3) is 0 Å². The molecule has 3 aliphatic heterocycles. The molecule has 0 saturated carbocycles. The normalized spacial score (nSPS) is 29.1. The maximum absolute atomic E-state index is 9.99. The molecule has 4 rings (SSSR count). The fourth-order valence-electron chi connectivity index (χ4n) is 3.57. The zero-order chi connectivity index (χ0) is 14.9. The molecule has 0 amide bonds. The van der Waals surface area contributed by atoms with Crippen molar-refractivity contribution in [3.05, 3.63) is 23.8 Å². The molecule has 2 atom stereocenters. The van der Waals surface area contributed by atoms with Gasteiger partial charge in [0.1, 0.15) is 0 Å². The van der Waals surface area contributed by atoms with Crippen LogP contribution in [0.15, 0.2) is 18.2 Å². The van der Waals surface area contributed by atoms with Gasteiger partial charge in [-0.2, -0.15) is 0 Å². The standard InChI is InChI=1S/C16H23N3O3/c20-14-9-17-8-13(14)19-5-3-18(4-6-19)10-12-1-2-15-16(7-12)22-11-21-15/h1-2,7,13-14,17,20H,3-6,8-11H2/t13-,14-/m0/s1. The lowest BCUT2D eigenvalue weighted by Gasteiger charge is -2.38. The van der Waals surface area contributed by atoms with Crippen LogP contribution in [-0.2, 0) is 6.54 Å². The Hall–Kier alpha value is -1.34. The monoisotopic (exact) mass is 305 g/mol. The average molecular weight is 305 g/mol. The van der Waals surface area contributed by atoms with Crippen LogP contribution in [0.5, 0.6) is 11.5 Å². The minimum Gasteiger partial charge on any atom is -0.454 e. The van der Waals surface area contributed by atoms with E-state index in [4.69, 9.17) is 9.47 Å². The Morgan fingerprint density at radius 1 is 1.09 bits per heavy atom. The fraction of sp³-hybridized carbons (Fsp3) is 0.625. The van der Waals surface area contributed by atoms with Gasteiger partial charge in [-0.15, -0.1) is 0 Å². The summed E-state index contributed by atoms with van der Waals surface area (Å²) in [6.07, 6.45) is -0.222. The largest absolute Gasteiger partial charge is 0.454 e. The minimum absolute atomic E-state index is 0.222. The second kappa shape index (κ2) is 6.04. The quantitative estimate of drug-likeness (QED) is 0.811. The number of β-amino-alcohol motifs (C(OH)–C–C–N with tert-alkyl or cyclic N) is 1. The summed E-state index contributed by atoms with van der Waals surface area (Å²) in [5.41, 5.74) is 1.26. The van der Waals surface area contributed by atoms with E-state index in [0.29, 0.717) is 6.79 Å². The van der Waals surface area contributed by atoms with Gasteiger partial charge in [-0.3, -0.25) is 9.80 Å². The molecule has 0 aromatic heterocycles. The molecule has 2 N–H and O–H groups in total.